The number of pyridine rings is 1. The van der Waals surface area contributed by atoms with Gasteiger partial charge in [0, 0.05) is 11.1 Å². The van der Waals surface area contributed by atoms with Gasteiger partial charge in [-0.05, 0) is 65.2 Å². The SMILES string of the molecule is N#C/C(=C\c1ccc(/C=C2\C(=O)NC(=O)C(c3ccc(Oc4ccccc4)cc3)C2=S)cc1)S(=O)(=O)c1ccccn1. The number of nitrogens with one attached hydrogen (secondary N) is 1. The third-order valence-corrected chi connectivity index (χ3v) is 8.36. The third-order valence-electron chi connectivity index (χ3n) is 6.32. The Balaban J connectivity index is 1.36. The fourth-order valence-corrected chi connectivity index (χ4v) is 5.71. The molecule has 8 nitrogen and oxygen atoms in total. The van der Waals surface area contributed by atoms with E-state index in [1.54, 1.807) is 66.7 Å². The predicted molar refractivity (Wildman–Crippen MR) is 161 cm³/mol. The average Bonchev–Trinajstić information content (AvgIpc) is 3.00. The van der Waals surface area contributed by atoms with Crippen molar-refractivity contribution >= 4 is 50.9 Å². The van der Waals surface area contributed by atoms with Gasteiger partial charge < -0.3 is 4.74 Å². The van der Waals surface area contributed by atoms with Crippen molar-refractivity contribution < 1.29 is 22.7 Å². The molecule has 2 heterocycles. The molecule has 1 atom stereocenters. The number of ether oxygens (including phenoxy) is 1. The van der Waals surface area contributed by atoms with Crippen LogP contribution in [0.4, 0.5) is 0 Å². The van der Waals surface area contributed by atoms with Crippen LogP contribution in [-0.4, -0.2) is 30.1 Å². The van der Waals surface area contributed by atoms with Gasteiger partial charge in [0.2, 0.25) is 15.7 Å². The molecule has 1 fully saturated rings. The molecule has 0 saturated carbocycles. The number of sulfone groups is 1. The Morgan fingerprint density at radius 2 is 1.52 bits per heavy atom. The number of rotatable bonds is 7. The maximum atomic E-state index is 12.8. The normalized spacial score (nSPS) is 16.5. The Hall–Kier alpha value is -5.24. The maximum absolute atomic E-state index is 12.8. The molecule has 1 aromatic heterocycles. The Bertz CT molecular complexity index is 1880. The van der Waals surface area contributed by atoms with Gasteiger partial charge in [0.1, 0.15) is 17.6 Å². The topological polar surface area (TPSA) is 126 Å². The molecule has 2 amide bonds. The first kappa shape index (κ1) is 28.3. The zero-order valence-electron chi connectivity index (χ0n) is 21.8. The first-order valence-corrected chi connectivity index (χ1v) is 14.5. The van der Waals surface area contributed by atoms with Gasteiger partial charge in [-0.1, -0.05) is 72.9 Å². The molecule has 4 aromatic rings. The zero-order valence-corrected chi connectivity index (χ0v) is 23.4. The largest absolute Gasteiger partial charge is 0.457 e. The fraction of sp³-hybridized carbons (Fsp3) is 0.0312. The molecule has 1 unspecified atom stereocenters. The van der Waals surface area contributed by atoms with Crippen molar-refractivity contribution in [1.82, 2.24) is 10.3 Å². The van der Waals surface area contributed by atoms with Gasteiger partial charge >= 0.3 is 0 Å². The Morgan fingerprint density at radius 1 is 0.881 bits per heavy atom. The highest BCUT2D eigenvalue weighted by Gasteiger charge is 2.36. The molecule has 1 saturated heterocycles. The first-order valence-electron chi connectivity index (χ1n) is 12.6. The molecule has 0 aliphatic carbocycles. The summed E-state index contributed by atoms with van der Waals surface area (Å²) in [6.45, 7) is 0. The second kappa shape index (κ2) is 12.1. The third kappa shape index (κ3) is 6.07. The Morgan fingerprint density at radius 3 is 2.17 bits per heavy atom. The lowest BCUT2D eigenvalue weighted by Crippen LogP contribution is -2.45. The van der Waals surface area contributed by atoms with Gasteiger partial charge in [-0.15, -0.1) is 0 Å². The minimum absolute atomic E-state index is 0.165. The number of carbonyl (C=O) groups is 2. The van der Waals surface area contributed by atoms with Crippen LogP contribution in [-0.2, 0) is 19.4 Å². The number of nitriles is 1. The summed E-state index contributed by atoms with van der Waals surface area (Å²) in [6.07, 6.45) is 4.15. The number of aromatic nitrogens is 1. The van der Waals surface area contributed by atoms with Crippen LogP contribution in [0.5, 0.6) is 11.5 Å². The van der Waals surface area contributed by atoms with Crippen LogP contribution in [0.1, 0.15) is 22.6 Å². The smallest absolute Gasteiger partial charge is 0.259 e. The summed E-state index contributed by atoms with van der Waals surface area (Å²) in [6, 6.07) is 28.9. The van der Waals surface area contributed by atoms with E-state index in [9.17, 15) is 23.3 Å². The van der Waals surface area contributed by atoms with Crippen LogP contribution in [0.2, 0.25) is 0 Å². The number of carbonyl (C=O) groups excluding carboxylic acids is 2. The van der Waals surface area contributed by atoms with Crippen LogP contribution in [0, 0.1) is 11.3 Å². The van der Waals surface area contributed by atoms with Gasteiger partial charge in [0.15, 0.2) is 9.93 Å². The number of thiocarbonyl (C=S) groups is 1. The molecule has 42 heavy (non-hydrogen) atoms. The van der Waals surface area contributed by atoms with E-state index in [-0.39, 0.29) is 15.5 Å². The fourth-order valence-electron chi connectivity index (χ4n) is 4.23. The van der Waals surface area contributed by atoms with Crippen molar-refractivity contribution in [3.63, 3.8) is 0 Å². The molecular formula is C32H21N3O5S2. The highest BCUT2D eigenvalue weighted by atomic mass is 32.2. The van der Waals surface area contributed by atoms with E-state index in [4.69, 9.17) is 17.0 Å². The molecule has 206 valence electrons. The number of nitrogens with zero attached hydrogens (tertiary/aromatic N) is 2. The van der Waals surface area contributed by atoms with Crippen LogP contribution < -0.4 is 10.1 Å². The van der Waals surface area contributed by atoms with Crippen LogP contribution >= 0.6 is 12.2 Å². The average molecular weight is 592 g/mol. The second-order valence-electron chi connectivity index (χ2n) is 9.12. The van der Waals surface area contributed by atoms with Crippen LogP contribution in [0.15, 0.2) is 119 Å². The molecule has 3 aromatic carbocycles. The molecular weight excluding hydrogens is 571 g/mol. The molecule has 1 aliphatic rings. The lowest BCUT2D eigenvalue weighted by molar-refractivity contribution is -0.129. The monoisotopic (exact) mass is 591 g/mol. The molecule has 1 N–H and O–H groups in total. The molecule has 0 bridgehead atoms. The summed E-state index contributed by atoms with van der Waals surface area (Å²) >= 11 is 5.61. The first-order chi connectivity index (χ1) is 20.3. The number of amides is 2. The lowest BCUT2D eigenvalue weighted by Gasteiger charge is -2.25. The number of piperidine rings is 1. The van der Waals surface area contributed by atoms with Gasteiger partial charge in [0.25, 0.3) is 5.91 Å². The van der Waals surface area contributed by atoms with Gasteiger partial charge in [-0.3, -0.25) is 14.9 Å². The number of hydrogen-bond donors (Lipinski definition) is 1. The Kier molecular flexibility index (Phi) is 8.15. The van der Waals surface area contributed by atoms with E-state index < -0.39 is 32.5 Å². The summed E-state index contributed by atoms with van der Waals surface area (Å²) in [7, 11) is -4.09. The quantitative estimate of drug-likeness (QED) is 0.131. The van der Waals surface area contributed by atoms with Crippen molar-refractivity contribution in [2.45, 2.75) is 10.9 Å². The van der Waals surface area contributed by atoms with Crippen molar-refractivity contribution in [3.05, 3.63) is 130 Å². The number of allylic oxidation sites excluding steroid dienone is 1. The van der Waals surface area contributed by atoms with Crippen molar-refractivity contribution in [1.29, 1.82) is 5.26 Å². The molecule has 5 rings (SSSR count). The zero-order chi connectivity index (χ0) is 29.7. The van der Waals surface area contributed by atoms with E-state index >= 15 is 0 Å². The summed E-state index contributed by atoms with van der Waals surface area (Å²) in [4.78, 5) is 29.1. The van der Waals surface area contributed by atoms with Gasteiger partial charge in [0.05, 0.1) is 11.5 Å². The molecule has 10 heteroatoms. The van der Waals surface area contributed by atoms with E-state index in [0.717, 1.165) is 0 Å². The number of hydrogen-bond acceptors (Lipinski definition) is 8. The molecule has 0 spiro atoms. The molecule has 0 radical (unpaired) electrons. The minimum atomic E-state index is -4.09. The van der Waals surface area contributed by atoms with Gasteiger partial charge in [-0.2, -0.15) is 5.26 Å². The van der Waals surface area contributed by atoms with Crippen molar-refractivity contribution in [2.24, 2.45) is 0 Å². The van der Waals surface area contributed by atoms with Gasteiger partial charge in [-0.25, -0.2) is 13.4 Å². The van der Waals surface area contributed by atoms with E-state index in [0.29, 0.717) is 28.2 Å². The summed E-state index contributed by atoms with van der Waals surface area (Å²) in [5, 5.41) is 11.7. The minimum Gasteiger partial charge on any atom is -0.457 e. The predicted octanol–water partition coefficient (Wildman–Crippen LogP) is 5.41. The highest BCUT2D eigenvalue weighted by Crippen LogP contribution is 2.30. The van der Waals surface area contributed by atoms with Crippen LogP contribution in [0.25, 0.3) is 12.2 Å². The van der Waals surface area contributed by atoms with Crippen molar-refractivity contribution in [3.8, 4) is 17.6 Å². The maximum Gasteiger partial charge on any atom is 0.259 e. The summed E-state index contributed by atoms with van der Waals surface area (Å²) in [5.74, 6) is -0.723. The van der Waals surface area contributed by atoms with E-state index in [2.05, 4.69) is 10.3 Å². The molecule has 1 aliphatic heterocycles. The Labute approximate surface area is 247 Å². The number of para-hydroxylation sites is 1. The lowest BCUT2D eigenvalue weighted by atomic mass is 9.86. The number of benzene rings is 3. The van der Waals surface area contributed by atoms with Crippen molar-refractivity contribution in [2.75, 3.05) is 0 Å². The standard InChI is InChI=1S/C32H21N3O5S2/c33-20-26(42(38,39)28-8-4-5-17-34-28)18-21-9-11-22(12-10-21)19-27-30(41)29(32(37)35-31(27)36)23-13-15-25(16-14-23)40-24-6-2-1-3-7-24/h1-19,29H,(H,35,36,37)/b26-18+,27-19-. The van der Waals surface area contributed by atoms with E-state index in [1.807, 2.05) is 30.3 Å². The van der Waals surface area contributed by atoms with Crippen LogP contribution in [0.3, 0.4) is 0 Å². The second-order valence-corrected chi connectivity index (χ2v) is 11.4. The summed E-state index contributed by atoms with van der Waals surface area (Å²) in [5.41, 5.74) is 1.81. The highest BCUT2D eigenvalue weighted by molar-refractivity contribution is 7.95. The number of imide groups is 1. The summed E-state index contributed by atoms with van der Waals surface area (Å²) < 4.78 is 31.4. The van der Waals surface area contributed by atoms with E-state index in [1.165, 1.54) is 24.4 Å².